The molecule has 0 spiro atoms. The van der Waals surface area contributed by atoms with E-state index in [1.165, 1.54) is 0 Å². The third-order valence-corrected chi connectivity index (χ3v) is 4.99. The smallest absolute Gasteiger partial charge is 0.238 e. The number of β-amino-alcohol motifs (C(OH)–C–C–N with tert-alkyl or cyclic N) is 1. The lowest BCUT2D eigenvalue weighted by Gasteiger charge is -2.42. The average molecular weight is 324 g/mol. The summed E-state index contributed by atoms with van der Waals surface area (Å²) < 4.78 is 0. The molecule has 6 heteroatoms. The fourth-order valence-electron chi connectivity index (χ4n) is 2.81. The normalized spacial score (nSPS) is 25.4. The van der Waals surface area contributed by atoms with Gasteiger partial charge in [0.2, 0.25) is 5.91 Å². The van der Waals surface area contributed by atoms with E-state index in [9.17, 15) is 15.2 Å². The molecule has 1 aliphatic rings. The SMILES string of the molecule is CC(C)[C@@](C)(C#N)NC(=O)[C@@H](C)N1CCN(C[C@H](C)O)[C@H](C)C1. The van der Waals surface area contributed by atoms with Crippen LogP contribution in [0.15, 0.2) is 0 Å². The van der Waals surface area contributed by atoms with Crippen LogP contribution in [0.5, 0.6) is 0 Å². The topological polar surface area (TPSA) is 79.6 Å². The van der Waals surface area contributed by atoms with Crippen LogP contribution >= 0.6 is 0 Å². The van der Waals surface area contributed by atoms with E-state index in [1.54, 1.807) is 13.8 Å². The molecule has 4 atom stereocenters. The number of carbonyl (C=O) groups is 1. The highest BCUT2D eigenvalue weighted by atomic mass is 16.3. The monoisotopic (exact) mass is 324 g/mol. The lowest BCUT2D eigenvalue weighted by Crippen LogP contribution is -2.60. The second-order valence-corrected chi connectivity index (χ2v) is 7.32. The third kappa shape index (κ3) is 5.17. The number of amides is 1. The van der Waals surface area contributed by atoms with Gasteiger partial charge in [0, 0.05) is 32.2 Å². The Morgan fingerprint density at radius 2 is 2.00 bits per heavy atom. The fourth-order valence-corrected chi connectivity index (χ4v) is 2.81. The second-order valence-electron chi connectivity index (χ2n) is 7.32. The number of carbonyl (C=O) groups excluding carboxylic acids is 1. The van der Waals surface area contributed by atoms with Crippen LogP contribution < -0.4 is 5.32 Å². The predicted molar refractivity (Wildman–Crippen MR) is 90.7 cm³/mol. The summed E-state index contributed by atoms with van der Waals surface area (Å²) in [7, 11) is 0. The molecule has 1 fully saturated rings. The van der Waals surface area contributed by atoms with Crippen molar-refractivity contribution < 1.29 is 9.90 Å². The number of piperazine rings is 1. The first-order valence-electron chi connectivity index (χ1n) is 8.50. The Morgan fingerprint density at radius 1 is 1.39 bits per heavy atom. The molecule has 132 valence electrons. The number of aliphatic hydroxyl groups is 1. The highest BCUT2D eigenvalue weighted by molar-refractivity contribution is 5.82. The Labute approximate surface area is 140 Å². The van der Waals surface area contributed by atoms with Crippen LogP contribution in [0.4, 0.5) is 0 Å². The lowest BCUT2D eigenvalue weighted by atomic mass is 9.89. The van der Waals surface area contributed by atoms with Gasteiger partial charge in [-0.05, 0) is 33.6 Å². The summed E-state index contributed by atoms with van der Waals surface area (Å²) >= 11 is 0. The highest BCUT2D eigenvalue weighted by Gasteiger charge is 2.35. The third-order valence-electron chi connectivity index (χ3n) is 4.99. The van der Waals surface area contributed by atoms with Gasteiger partial charge in [0.25, 0.3) is 0 Å². The quantitative estimate of drug-likeness (QED) is 0.756. The molecule has 0 saturated carbocycles. The standard InChI is InChI=1S/C17H32N4O2/c1-12(2)17(6,11-18)19-16(23)15(5)21-8-7-20(10-14(4)22)13(3)9-21/h12-15,22H,7-10H2,1-6H3,(H,19,23)/t13-,14+,15-,17-/m1/s1. The van der Waals surface area contributed by atoms with E-state index in [-0.39, 0.29) is 24.0 Å². The van der Waals surface area contributed by atoms with Gasteiger partial charge in [0.15, 0.2) is 0 Å². The highest BCUT2D eigenvalue weighted by Crippen LogP contribution is 2.17. The summed E-state index contributed by atoms with van der Waals surface area (Å²) in [6.07, 6.45) is -0.341. The lowest BCUT2D eigenvalue weighted by molar-refractivity contribution is -0.128. The van der Waals surface area contributed by atoms with Crippen LogP contribution in [0.1, 0.15) is 41.5 Å². The van der Waals surface area contributed by atoms with Crippen LogP contribution in [0.2, 0.25) is 0 Å². The molecule has 23 heavy (non-hydrogen) atoms. The van der Waals surface area contributed by atoms with Gasteiger partial charge < -0.3 is 10.4 Å². The summed E-state index contributed by atoms with van der Waals surface area (Å²) in [5, 5.41) is 21.8. The van der Waals surface area contributed by atoms with Crippen LogP contribution in [0, 0.1) is 17.2 Å². The number of rotatable bonds is 6. The van der Waals surface area contributed by atoms with Gasteiger partial charge >= 0.3 is 0 Å². The van der Waals surface area contributed by atoms with Gasteiger partial charge in [-0.15, -0.1) is 0 Å². The maximum absolute atomic E-state index is 12.5. The van der Waals surface area contributed by atoms with Crippen LogP contribution in [-0.2, 0) is 4.79 Å². The first-order valence-corrected chi connectivity index (χ1v) is 8.50. The minimum atomic E-state index is -0.842. The summed E-state index contributed by atoms with van der Waals surface area (Å²) in [5.74, 6) is -0.0515. The average Bonchev–Trinajstić information content (AvgIpc) is 2.47. The molecule has 0 aliphatic carbocycles. The van der Waals surface area contributed by atoms with Crippen molar-refractivity contribution >= 4 is 5.91 Å². The maximum Gasteiger partial charge on any atom is 0.238 e. The van der Waals surface area contributed by atoms with E-state index in [1.807, 2.05) is 20.8 Å². The molecule has 0 bridgehead atoms. The van der Waals surface area contributed by atoms with E-state index in [4.69, 9.17) is 0 Å². The minimum absolute atomic E-state index is 0.0467. The van der Waals surface area contributed by atoms with Crippen molar-refractivity contribution in [3.8, 4) is 6.07 Å². The van der Waals surface area contributed by atoms with Crippen LogP contribution in [-0.4, -0.2) is 70.7 Å². The van der Waals surface area contributed by atoms with Crippen molar-refractivity contribution in [1.82, 2.24) is 15.1 Å². The molecule has 1 amide bonds. The number of hydrogen-bond donors (Lipinski definition) is 2. The van der Waals surface area contributed by atoms with Gasteiger partial charge in [0.1, 0.15) is 5.54 Å². The number of nitrogens with zero attached hydrogens (tertiary/aromatic N) is 3. The molecular formula is C17H32N4O2. The molecule has 1 heterocycles. The Morgan fingerprint density at radius 3 is 2.43 bits per heavy atom. The van der Waals surface area contributed by atoms with Crippen molar-refractivity contribution in [2.75, 3.05) is 26.2 Å². The van der Waals surface area contributed by atoms with E-state index >= 15 is 0 Å². The first kappa shape index (κ1) is 19.9. The van der Waals surface area contributed by atoms with Crippen molar-refractivity contribution in [3.63, 3.8) is 0 Å². The Hall–Kier alpha value is -1.16. The van der Waals surface area contributed by atoms with Gasteiger partial charge in [-0.3, -0.25) is 14.6 Å². The zero-order valence-electron chi connectivity index (χ0n) is 15.3. The van der Waals surface area contributed by atoms with Crippen molar-refractivity contribution in [3.05, 3.63) is 0 Å². The number of hydrogen-bond acceptors (Lipinski definition) is 5. The summed E-state index contributed by atoms with van der Waals surface area (Å²) in [6.45, 7) is 14.5. The zero-order chi connectivity index (χ0) is 17.8. The van der Waals surface area contributed by atoms with Crippen molar-refractivity contribution in [2.24, 2.45) is 5.92 Å². The second kappa shape index (κ2) is 8.09. The molecule has 1 rings (SSSR count). The molecule has 0 aromatic rings. The molecule has 2 N–H and O–H groups in total. The van der Waals surface area contributed by atoms with E-state index in [0.717, 1.165) is 19.6 Å². The number of nitriles is 1. The molecule has 0 aromatic carbocycles. The van der Waals surface area contributed by atoms with Gasteiger partial charge in [-0.1, -0.05) is 13.8 Å². The van der Waals surface area contributed by atoms with Gasteiger partial charge in [-0.2, -0.15) is 5.26 Å². The van der Waals surface area contributed by atoms with Crippen molar-refractivity contribution in [1.29, 1.82) is 5.26 Å². The summed E-state index contributed by atoms with van der Waals surface area (Å²) in [4.78, 5) is 16.9. The van der Waals surface area contributed by atoms with Gasteiger partial charge in [-0.25, -0.2) is 0 Å². The molecular weight excluding hydrogens is 292 g/mol. The minimum Gasteiger partial charge on any atom is -0.392 e. The molecule has 0 aromatic heterocycles. The van der Waals surface area contributed by atoms with E-state index in [2.05, 4.69) is 28.1 Å². The molecule has 1 aliphatic heterocycles. The maximum atomic E-state index is 12.5. The number of nitrogens with one attached hydrogen (secondary N) is 1. The van der Waals surface area contributed by atoms with E-state index < -0.39 is 5.54 Å². The predicted octanol–water partition coefficient (Wildman–Crippen LogP) is 0.816. The molecule has 0 radical (unpaired) electrons. The summed E-state index contributed by atoms with van der Waals surface area (Å²) in [5.41, 5.74) is -0.842. The van der Waals surface area contributed by atoms with Crippen molar-refractivity contribution in [2.45, 2.75) is 65.3 Å². The van der Waals surface area contributed by atoms with Crippen LogP contribution in [0.3, 0.4) is 0 Å². The summed E-state index contributed by atoms with van der Waals surface area (Å²) in [6, 6.07) is 2.24. The molecule has 6 nitrogen and oxygen atoms in total. The van der Waals surface area contributed by atoms with Gasteiger partial charge in [0.05, 0.1) is 18.2 Å². The Kier molecular flexibility index (Phi) is 7.00. The largest absolute Gasteiger partial charge is 0.392 e. The first-order chi connectivity index (χ1) is 10.6. The number of aliphatic hydroxyl groups excluding tert-OH is 1. The molecule has 1 saturated heterocycles. The zero-order valence-corrected chi connectivity index (χ0v) is 15.3. The van der Waals surface area contributed by atoms with E-state index in [0.29, 0.717) is 12.6 Å². The molecule has 0 unspecified atom stereocenters. The Balaban J connectivity index is 2.64. The van der Waals surface area contributed by atoms with Crippen LogP contribution in [0.25, 0.3) is 0 Å². The fraction of sp³-hybridized carbons (Fsp3) is 0.882. The Bertz CT molecular complexity index is 446.